The van der Waals surface area contributed by atoms with Crippen LogP contribution in [0.5, 0.6) is 0 Å². The van der Waals surface area contributed by atoms with Gasteiger partial charge >= 0.3 is 0 Å². The molecule has 0 aliphatic rings. The predicted molar refractivity (Wildman–Crippen MR) is 85.7 cm³/mol. The number of benzene rings is 1. The molecule has 0 aliphatic heterocycles. The third-order valence-corrected chi connectivity index (χ3v) is 3.53. The van der Waals surface area contributed by atoms with Crippen molar-refractivity contribution < 1.29 is 4.79 Å². The molecule has 1 rings (SSSR count). The van der Waals surface area contributed by atoms with Crippen molar-refractivity contribution in [1.29, 1.82) is 0 Å². The van der Waals surface area contributed by atoms with Crippen LogP contribution in [0, 0.1) is 5.41 Å². The van der Waals surface area contributed by atoms with Gasteiger partial charge in [-0.25, -0.2) is 0 Å². The van der Waals surface area contributed by atoms with Crippen molar-refractivity contribution in [2.45, 2.75) is 33.4 Å². The lowest BCUT2D eigenvalue weighted by atomic mass is 9.87. The highest BCUT2D eigenvalue weighted by molar-refractivity contribution is 9.10. The maximum atomic E-state index is 11.9. The zero-order chi connectivity index (χ0) is 13.9. The highest BCUT2D eigenvalue weighted by atomic mass is 79.9. The Morgan fingerprint density at radius 1 is 1.47 bits per heavy atom. The van der Waals surface area contributed by atoms with E-state index in [9.17, 15) is 4.79 Å². The first kappa shape index (κ1) is 18.7. The monoisotopic (exact) mass is 368 g/mol. The van der Waals surface area contributed by atoms with Crippen LogP contribution in [0.25, 0.3) is 0 Å². The number of hydrogen-bond acceptors (Lipinski definition) is 2. The second kappa shape index (κ2) is 7.48. The summed E-state index contributed by atoms with van der Waals surface area (Å²) in [7, 11) is 0. The quantitative estimate of drug-likeness (QED) is 0.856. The minimum absolute atomic E-state index is 0. The number of amides is 1. The highest BCUT2D eigenvalue weighted by Crippen LogP contribution is 2.21. The van der Waals surface area contributed by atoms with Crippen LogP contribution < -0.4 is 11.1 Å². The molecule has 0 unspecified atom stereocenters. The molecule has 0 aliphatic carbocycles. The van der Waals surface area contributed by atoms with Crippen molar-refractivity contribution >= 4 is 45.8 Å². The second-order valence-corrected chi connectivity index (χ2v) is 6.62. The molecule has 1 aromatic carbocycles. The first-order chi connectivity index (χ1) is 8.21. The topological polar surface area (TPSA) is 55.1 Å². The third-order valence-electron chi connectivity index (χ3n) is 2.68. The molecule has 1 amide bonds. The molecule has 0 bridgehead atoms. The van der Waals surface area contributed by atoms with Crippen LogP contribution in [0.2, 0.25) is 5.02 Å². The molecule has 0 spiro atoms. The summed E-state index contributed by atoms with van der Waals surface area (Å²) in [4.78, 5) is 11.9. The van der Waals surface area contributed by atoms with Gasteiger partial charge in [-0.15, -0.1) is 12.4 Å². The average Bonchev–Trinajstić information content (AvgIpc) is 2.25. The Bertz CT molecular complexity index is 447. The molecule has 1 atom stereocenters. The Morgan fingerprint density at radius 3 is 2.53 bits per heavy atom. The normalized spacial score (nSPS) is 12.5. The number of halogens is 3. The fourth-order valence-electron chi connectivity index (χ4n) is 1.35. The van der Waals surface area contributed by atoms with Crippen LogP contribution >= 0.6 is 39.9 Å². The Balaban J connectivity index is 0.00000324. The van der Waals surface area contributed by atoms with E-state index in [0.717, 1.165) is 10.0 Å². The van der Waals surface area contributed by atoms with Gasteiger partial charge in [-0.05, 0) is 23.1 Å². The van der Waals surface area contributed by atoms with Crippen molar-refractivity contribution in [3.63, 3.8) is 0 Å². The average molecular weight is 370 g/mol. The first-order valence-electron chi connectivity index (χ1n) is 5.69. The fraction of sp³-hybridized carbons (Fsp3) is 0.462. The van der Waals surface area contributed by atoms with Gasteiger partial charge in [0.1, 0.15) is 0 Å². The molecule has 0 radical (unpaired) electrons. The Morgan fingerprint density at radius 2 is 2.05 bits per heavy atom. The van der Waals surface area contributed by atoms with E-state index < -0.39 is 6.04 Å². The molecule has 0 saturated carbocycles. The zero-order valence-corrected chi connectivity index (χ0v) is 14.3. The molecular weight excluding hydrogens is 351 g/mol. The number of carbonyl (C=O) groups is 1. The van der Waals surface area contributed by atoms with E-state index in [-0.39, 0.29) is 23.7 Å². The fourth-order valence-corrected chi connectivity index (χ4v) is 2.09. The molecule has 0 fully saturated rings. The van der Waals surface area contributed by atoms with Gasteiger partial charge in [-0.1, -0.05) is 54.4 Å². The SMILES string of the molecule is CC(C)(C)[C@H](N)C(=O)NCc1ccc(Br)cc1Cl.Cl. The van der Waals surface area contributed by atoms with E-state index >= 15 is 0 Å². The van der Waals surface area contributed by atoms with E-state index in [2.05, 4.69) is 21.2 Å². The van der Waals surface area contributed by atoms with Crippen LogP contribution in [-0.2, 0) is 11.3 Å². The van der Waals surface area contributed by atoms with E-state index in [1.165, 1.54) is 0 Å². The summed E-state index contributed by atoms with van der Waals surface area (Å²) in [5, 5.41) is 3.42. The summed E-state index contributed by atoms with van der Waals surface area (Å²) in [6.45, 7) is 6.19. The Kier molecular flexibility index (Phi) is 7.37. The minimum Gasteiger partial charge on any atom is -0.351 e. The molecule has 0 saturated heterocycles. The van der Waals surface area contributed by atoms with Gasteiger partial charge < -0.3 is 11.1 Å². The van der Waals surface area contributed by atoms with Gasteiger partial charge in [0.15, 0.2) is 0 Å². The zero-order valence-electron chi connectivity index (χ0n) is 11.2. The number of hydrogen-bond donors (Lipinski definition) is 2. The lowest BCUT2D eigenvalue weighted by Gasteiger charge is -2.25. The van der Waals surface area contributed by atoms with E-state index in [4.69, 9.17) is 17.3 Å². The van der Waals surface area contributed by atoms with E-state index in [1.54, 1.807) is 6.07 Å². The third kappa shape index (κ3) is 5.69. The molecule has 3 N–H and O–H groups in total. The Hall–Kier alpha value is -0.290. The number of rotatable bonds is 3. The largest absolute Gasteiger partial charge is 0.351 e. The van der Waals surface area contributed by atoms with Crippen molar-refractivity contribution in [2.24, 2.45) is 11.1 Å². The summed E-state index contributed by atoms with van der Waals surface area (Å²) in [5.41, 5.74) is 6.48. The summed E-state index contributed by atoms with van der Waals surface area (Å²) in [6.07, 6.45) is 0. The van der Waals surface area contributed by atoms with Gasteiger partial charge in [0.25, 0.3) is 0 Å². The highest BCUT2D eigenvalue weighted by Gasteiger charge is 2.27. The van der Waals surface area contributed by atoms with E-state index in [0.29, 0.717) is 11.6 Å². The van der Waals surface area contributed by atoms with Gasteiger partial charge in [0.05, 0.1) is 6.04 Å². The van der Waals surface area contributed by atoms with E-state index in [1.807, 2.05) is 32.9 Å². The van der Waals surface area contributed by atoms with Gasteiger partial charge in [0.2, 0.25) is 5.91 Å². The number of carbonyl (C=O) groups excluding carboxylic acids is 1. The minimum atomic E-state index is -0.535. The van der Waals surface area contributed by atoms with Gasteiger partial charge in [-0.3, -0.25) is 4.79 Å². The first-order valence-corrected chi connectivity index (χ1v) is 6.86. The van der Waals surface area contributed by atoms with Crippen LogP contribution in [0.15, 0.2) is 22.7 Å². The van der Waals surface area contributed by atoms with Gasteiger partial charge in [0, 0.05) is 16.0 Å². The summed E-state index contributed by atoms with van der Waals surface area (Å²) in [5.74, 6) is -0.165. The van der Waals surface area contributed by atoms with Crippen molar-refractivity contribution in [2.75, 3.05) is 0 Å². The van der Waals surface area contributed by atoms with Crippen LogP contribution in [0.3, 0.4) is 0 Å². The second-order valence-electron chi connectivity index (χ2n) is 5.30. The summed E-state index contributed by atoms with van der Waals surface area (Å²) in [6, 6.07) is 5.02. The molecule has 6 heteroatoms. The Labute approximate surface area is 133 Å². The maximum absolute atomic E-state index is 11.9. The van der Waals surface area contributed by atoms with Crippen LogP contribution in [0.4, 0.5) is 0 Å². The molecule has 19 heavy (non-hydrogen) atoms. The lowest BCUT2D eigenvalue weighted by molar-refractivity contribution is -0.124. The van der Waals surface area contributed by atoms with Crippen LogP contribution in [-0.4, -0.2) is 11.9 Å². The summed E-state index contributed by atoms with van der Waals surface area (Å²) < 4.78 is 0.911. The van der Waals surface area contributed by atoms with Gasteiger partial charge in [-0.2, -0.15) is 0 Å². The van der Waals surface area contributed by atoms with Crippen molar-refractivity contribution in [1.82, 2.24) is 5.32 Å². The standard InChI is InChI=1S/C13H18BrClN2O.ClH/c1-13(2,3)11(16)12(18)17-7-8-4-5-9(14)6-10(8)15;/h4-6,11H,7,16H2,1-3H3,(H,17,18);1H/t11-;/m1./s1. The molecule has 3 nitrogen and oxygen atoms in total. The van der Waals surface area contributed by atoms with Crippen LogP contribution in [0.1, 0.15) is 26.3 Å². The molecule has 0 heterocycles. The number of nitrogens with two attached hydrogens (primary N) is 1. The molecule has 0 aromatic heterocycles. The molecule has 1 aromatic rings. The van der Waals surface area contributed by atoms with Crippen molar-refractivity contribution in [3.8, 4) is 0 Å². The maximum Gasteiger partial charge on any atom is 0.237 e. The predicted octanol–water partition coefficient (Wildman–Crippen LogP) is 3.51. The smallest absolute Gasteiger partial charge is 0.237 e. The molecular formula is C13H19BrCl2N2O. The van der Waals surface area contributed by atoms with Crippen molar-refractivity contribution in [3.05, 3.63) is 33.3 Å². The number of nitrogens with one attached hydrogen (secondary N) is 1. The lowest BCUT2D eigenvalue weighted by Crippen LogP contribution is -2.48. The molecule has 108 valence electrons. The summed E-state index contributed by atoms with van der Waals surface area (Å²) >= 11 is 9.40.